The number of nitro groups is 1. The van der Waals surface area contributed by atoms with Gasteiger partial charge < -0.3 is 4.74 Å². The predicted molar refractivity (Wildman–Crippen MR) is 101 cm³/mol. The number of nitro benzene ring substituents is 1. The third-order valence-electron chi connectivity index (χ3n) is 3.64. The quantitative estimate of drug-likeness (QED) is 0.153. The summed E-state index contributed by atoms with van der Waals surface area (Å²) in [6.45, 7) is 0. The zero-order valence-electron chi connectivity index (χ0n) is 14.0. The summed E-state index contributed by atoms with van der Waals surface area (Å²) in [7, 11) is 0. The lowest BCUT2D eigenvalue weighted by Crippen LogP contribution is -2.51. The van der Waals surface area contributed by atoms with Crippen LogP contribution in [0.4, 0.5) is 5.69 Å². The van der Waals surface area contributed by atoms with Crippen molar-refractivity contribution in [2.45, 2.75) is 0 Å². The Morgan fingerprint density at radius 3 is 2.32 bits per heavy atom. The molecule has 0 atom stereocenters. The van der Waals surface area contributed by atoms with E-state index in [4.69, 9.17) is 17.0 Å². The maximum atomic E-state index is 12.1. The zero-order valence-corrected chi connectivity index (χ0v) is 14.8. The number of benzene rings is 2. The van der Waals surface area contributed by atoms with Gasteiger partial charge in [-0.25, -0.2) is 4.79 Å². The van der Waals surface area contributed by atoms with Gasteiger partial charge in [-0.3, -0.25) is 30.3 Å². The lowest BCUT2D eigenvalue weighted by molar-refractivity contribution is -0.384. The topological polar surface area (TPSA) is 128 Å². The van der Waals surface area contributed by atoms with Crippen LogP contribution in [-0.4, -0.2) is 27.8 Å². The molecule has 0 radical (unpaired) electrons. The number of thiocarbonyl (C=S) groups is 1. The number of nitrogens with one attached hydrogen (secondary N) is 2. The maximum absolute atomic E-state index is 12.1. The molecule has 1 aliphatic heterocycles. The van der Waals surface area contributed by atoms with E-state index in [1.807, 2.05) is 0 Å². The normalized spacial score (nSPS) is 13.4. The van der Waals surface area contributed by atoms with Gasteiger partial charge in [0.25, 0.3) is 17.5 Å². The second-order valence-electron chi connectivity index (χ2n) is 5.56. The minimum absolute atomic E-state index is 0.0342. The summed E-state index contributed by atoms with van der Waals surface area (Å²) in [5.74, 6) is -1.79. The van der Waals surface area contributed by atoms with Crippen LogP contribution in [0.25, 0.3) is 6.08 Å². The summed E-state index contributed by atoms with van der Waals surface area (Å²) in [5, 5.41) is 15.4. The molecule has 2 aromatic rings. The second kappa shape index (κ2) is 7.76. The van der Waals surface area contributed by atoms with Crippen molar-refractivity contribution in [1.29, 1.82) is 0 Å². The lowest BCUT2D eigenvalue weighted by atomic mass is 10.1. The average Bonchev–Trinajstić information content (AvgIpc) is 2.66. The Kier molecular flexibility index (Phi) is 5.23. The van der Waals surface area contributed by atoms with Crippen LogP contribution < -0.4 is 15.4 Å². The summed E-state index contributed by atoms with van der Waals surface area (Å²) < 4.78 is 5.18. The second-order valence-corrected chi connectivity index (χ2v) is 5.97. The molecule has 0 spiro atoms. The van der Waals surface area contributed by atoms with Crippen molar-refractivity contribution in [3.05, 3.63) is 75.3 Å². The minimum atomic E-state index is -0.755. The fraction of sp³-hybridized carbons (Fsp3) is 0. The fourth-order valence-electron chi connectivity index (χ4n) is 2.32. The molecule has 1 saturated heterocycles. The van der Waals surface area contributed by atoms with E-state index in [-0.39, 0.29) is 27.7 Å². The molecule has 28 heavy (non-hydrogen) atoms. The highest BCUT2D eigenvalue weighted by molar-refractivity contribution is 7.80. The smallest absolute Gasteiger partial charge is 0.343 e. The molecule has 0 bridgehead atoms. The van der Waals surface area contributed by atoms with Gasteiger partial charge in [-0.1, -0.05) is 18.2 Å². The van der Waals surface area contributed by atoms with Crippen molar-refractivity contribution < 1.29 is 24.0 Å². The van der Waals surface area contributed by atoms with Crippen LogP contribution in [0, 0.1) is 10.1 Å². The summed E-state index contributed by atoms with van der Waals surface area (Å²) in [5.41, 5.74) is 0.213. The van der Waals surface area contributed by atoms with Gasteiger partial charge >= 0.3 is 5.97 Å². The summed E-state index contributed by atoms with van der Waals surface area (Å²) in [4.78, 5) is 45.9. The first kappa shape index (κ1) is 18.9. The summed E-state index contributed by atoms with van der Waals surface area (Å²) in [6.07, 6.45) is 1.36. The van der Waals surface area contributed by atoms with E-state index in [0.717, 1.165) is 6.07 Å². The van der Waals surface area contributed by atoms with Crippen LogP contribution in [0.3, 0.4) is 0 Å². The SMILES string of the molecule is O=C1NC(=S)NC(=O)C1=Cc1ccc(OC(=O)c2cccc([N+](=O)[O-])c2)cc1. The molecule has 3 rings (SSSR count). The van der Waals surface area contributed by atoms with Crippen LogP contribution in [0.15, 0.2) is 54.1 Å². The van der Waals surface area contributed by atoms with E-state index < -0.39 is 22.7 Å². The number of carbonyl (C=O) groups excluding carboxylic acids is 3. The van der Waals surface area contributed by atoms with E-state index in [1.54, 1.807) is 0 Å². The number of hydrogen-bond acceptors (Lipinski definition) is 7. The molecular weight excluding hydrogens is 386 g/mol. The number of carbonyl (C=O) groups is 3. The van der Waals surface area contributed by atoms with Crippen molar-refractivity contribution >= 4 is 46.9 Å². The van der Waals surface area contributed by atoms with Crippen LogP contribution in [0.2, 0.25) is 0 Å². The Morgan fingerprint density at radius 2 is 1.71 bits per heavy atom. The van der Waals surface area contributed by atoms with Gasteiger partial charge in [0.2, 0.25) is 0 Å². The number of amides is 2. The monoisotopic (exact) mass is 397 g/mol. The Labute approximate surface area is 163 Å². The van der Waals surface area contributed by atoms with Crippen molar-refractivity contribution in [1.82, 2.24) is 10.6 Å². The third-order valence-corrected chi connectivity index (χ3v) is 3.84. The molecule has 1 aliphatic rings. The van der Waals surface area contributed by atoms with Crippen LogP contribution >= 0.6 is 12.2 Å². The molecule has 2 amide bonds. The van der Waals surface area contributed by atoms with E-state index in [1.165, 1.54) is 48.5 Å². The number of rotatable bonds is 4. The first-order valence-electron chi connectivity index (χ1n) is 7.78. The maximum Gasteiger partial charge on any atom is 0.343 e. The number of nitrogens with zero attached hydrogens (tertiary/aromatic N) is 1. The Morgan fingerprint density at radius 1 is 1.07 bits per heavy atom. The molecule has 2 aromatic carbocycles. The van der Waals surface area contributed by atoms with Gasteiger partial charge in [0.15, 0.2) is 5.11 Å². The molecule has 10 heteroatoms. The van der Waals surface area contributed by atoms with Crippen molar-refractivity contribution in [3.63, 3.8) is 0 Å². The molecule has 1 heterocycles. The Hall–Kier alpha value is -3.92. The molecule has 0 aromatic heterocycles. The summed E-state index contributed by atoms with van der Waals surface area (Å²) >= 11 is 4.72. The van der Waals surface area contributed by atoms with Gasteiger partial charge in [0.05, 0.1) is 10.5 Å². The zero-order chi connectivity index (χ0) is 20.3. The highest BCUT2D eigenvalue weighted by Crippen LogP contribution is 2.19. The number of esters is 1. The fourth-order valence-corrected chi connectivity index (χ4v) is 2.50. The predicted octanol–water partition coefficient (Wildman–Crippen LogP) is 1.73. The standard InChI is InChI=1S/C18H11N3O6S/c22-15-14(16(23)20-18(28)19-15)8-10-4-6-13(7-5-10)27-17(24)11-2-1-3-12(9-11)21(25)26/h1-9H,(H2,19,20,22,23,28). The van der Waals surface area contributed by atoms with E-state index >= 15 is 0 Å². The molecule has 0 aliphatic carbocycles. The molecular formula is C18H11N3O6S. The summed E-state index contributed by atoms with van der Waals surface area (Å²) in [6, 6.07) is 11.2. The minimum Gasteiger partial charge on any atom is -0.423 e. The van der Waals surface area contributed by atoms with Gasteiger partial charge in [-0.2, -0.15) is 0 Å². The number of ether oxygens (including phenoxy) is 1. The first-order chi connectivity index (χ1) is 13.3. The third kappa shape index (κ3) is 4.24. The van der Waals surface area contributed by atoms with E-state index in [0.29, 0.717) is 5.56 Å². The van der Waals surface area contributed by atoms with Crippen LogP contribution in [0.5, 0.6) is 5.75 Å². The highest BCUT2D eigenvalue weighted by Gasteiger charge is 2.25. The van der Waals surface area contributed by atoms with Crippen LogP contribution in [0.1, 0.15) is 15.9 Å². The molecule has 140 valence electrons. The van der Waals surface area contributed by atoms with Crippen molar-refractivity contribution in [2.75, 3.05) is 0 Å². The molecule has 0 saturated carbocycles. The van der Waals surface area contributed by atoms with Crippen molar-refractivity contribution in [3.8, 4) is 5.75 Å². The lowest BCUT2D eigenvalue weighted by Gasteiger charge is -2.16. The number of non-ortho nitro benzene ring substituents is 1. The molecule has 1 fully saturated rings. The Balaban J connectivity index is 1.73. The Bertz CT molecular complexity index is 1020. The van der Waals surface area contributed by atoms with Gasteiger partial charge in [0, 0.05) is 12.1 Å². The first-order valence-corrected chi connectivity index (χ1v) is 8.19. The highest BCUT2D eigenvalue weighted by atomic mass is 32.1. The number of hydrogen-bond donors (Lipinski definition) is 2. The average molecular weight is 397 g/mol. The molecule has 0 unspecified atom stereocenters. The largest absolute Gasteiger partial charge is 0.423 e. The van der Waals surface area contributed by atoms with E-state index in [2.05, 4.69) is 10.6 Å². The van der Waals surface area contributed by atoms with Gasteiger partial charge in [0.1, 0.15) is 11.3 Å². The molecule has 2 N–H and O–H groups in total. The van der Waals surface area contributed by atoms with Crippen LogP contribution in [-0.2, 0) is 9.59 Å². The molecule has 9 nitrogen and oxygen atoms in total. The van der Waals surface area contributed by atoms with E-state index in [9.17, 15) is 24.5 Å². The van der Waals surface area contributed by atoms with Gasteiger partial charge in [-0.15, -0.1) is 0 Å². The van der Waals surface area contributed by atoms with Gasteiger partial charge in [-0.05, 0) is 42.1 Å². The van der Waals surface area contributed by atoms with Crippen molar-refractivity contribution in [2.24, 2.45) is 0 Å².